The van der Waals surface area contributed by atoms with Crippen LogP contribution in [0.25, 0.3) is 16.9 Å². The largest absolute Gasteiger partial charge is 0.348 e. The molecule has 6 heteroatoms. The molecule has 6 nitrogen and oxygen atoms in total. The van der Waals surface area contributed by atoms with Gasteiger partial charge >= 0.3 is 0 Å². The molecule has 0 saturated heterocycles. The van der Waals surface area contributed by atoms with Crippen molar-refractivity contribution in [3.8, 4) is 5.69 Å². The molecule has 0 aliphatic carbocycles. The summed E-state index contributed by atoms with van der Waals surface area (Å²) in [6, 6.07) is 19.0. The minimum atomic E-state index is -0.134. The van der Waals surface area contributed by atoms with Crippen molar-refractivity contribution in [2.75, 3.05) is 0 Å². The zero-order chi connectivity index (χ0) is 17.9. The van der Waals surface area contributed by atoms with Gasteiger partial charge in [0, 0.05) is 18.3 Å². The Kier molecular flexibility index (Phi) is 4.15. The van der Waals surface area contributed by atoms with E-state index < -0.39 is 0 Å². The van der Waals surface area contributed by atoms with Crippen molar-refractivity contribution in [1.29, 1.82) is 0 Å². The van der Waals surface area contributed by atoms with Crippen LogP contribution in [0.5, 0.6) is 0 Å². The van der Waals surface area contributed by atoms with E-state index in [-0.39, 0.29) is 5.91 Å². The Bertz CT molecular complexity index is 1090. The Labute approximate surface area is 150 Å². The van der Waals surface area contributed by atoms with Crippen molar-refractivity contribution >= 4 is 17.1 Å². The minimum Gasteiger partial charge on any atom is -0.348 e. The monoisotopic (exact) mass is 343 g/mol. The van der Waals surface area contributed by atoms with E-state index in [1.807, 2.05) is 49.4 Å². The molecule has 0 bridgehead atoms. The van der Waals surface area contributed by atoms with Gasteiger partial charge in [0.15, 0.2) is 5.65 Å². The number of aromatic nitrogens is 4. The number of amides is 1. The summed E-state index contributed by atoms with van der Waals surface area (Å²) in [7, 11) is 0. The molecule has 26 heavy (non-hydrogen) atoms. The van der Waals surface area contributed by atoms with Crippen LogP contribution in [0.1, 0.15) is 21.5 Å². The lowest BCUT2D eigenvalue weighted by atomic mass is 10.1. The van der Waals surface area contributed by atoms with Crippen LogP contribution in [-0.4, -0.2) is 25.9 Å². The summed E-state index contributed by atoms with van der Waals surface area (Å²) in [6.45, 7) is 2.52. The molecule has 0 unspecified atom stereocenters. The number of hydrogen-bond donors (Lipinski definition) is 1. The number of carbonyl (C=O) groups is 1. The predicted octanol–water partition coefficient (Wildman–Crippen LogP) is 3.05. The highest BCUT2D eigenvalue weighted by atomic mass is 16.1. The van der Waals surface area contributed by atoms with Crippen molar-refractivity contribution in [3.05, 3.63) is 83.6 Å². The zero-order valence-corrected chi connectivity index (χ0v) is 14.3. The molecule has 0 saturated carbocycles. The molecule has 4 aromatic rings. The quantitative estimate of drug-likeness (QED) is 0.618. The number of nitrogens with one attached hydrogen (secondary N) is 1. The number of pyridine rings is 1. The van der Waals surface area contributed by atoms with E-state index in [0.717, 1.165) is 11.3 Å². The van der Waals surface area contributed by atoms with Gasteiger partial charge in [-0.2, -0.15) is 4.68 Å². The van der Waals surface area contributed by atoms with Crippen LogP contribution in [0, 0.1) is 6.92 Å². The molecule has 0 spiro atoms. The van der Waals surface area contributed by atoms with E-state index in [9.17, 15) is 4.79 Å². The normalized spacial score (nSPS) is 10.8. The molecule has 0 atom stereocenters. The summed E-state index contributed by atoms with van der Waals surface area (Å²) < 4.78 is 1.63. The van der Waals surface area contributed by atoms with Gasteiger partial charge in [0.05, 0.1) is 5.69 Å². The third kappa shape index (κ3) is 3.17. The van der Waals surface area contributed by atoms with Crippen molar-refractivity contribution in [2.24, 2.45) is 0 Å². The van der Waals surface area contributed by atoms with Gasteiger partial charge in [-0.25, -0.2) is 4.98 Å². The Morgan fingerprint density at radius 3 is 2.85 bits per heavy atom. The van der Waals surface area contributed by atoms with Crippen LogP contribution in [0.15, 0.2) is 66.9 Å². The van der Waals surface area contributed by atoms with Crippen LogP contribution < -0.4 is 5.32 Å². The van der Waals surface area contributed by atoms with E-state index in [4.69, 9.17) is 0 Å². The molecule has 2 heterocycles. The maximum absolute atomic E-state index is 12.5. The number of rotatable bonds is 4. The molecule has 1 N–H and O–H groups in total. The fourth-order valence-electron chi connectivity index (χ4n) is 2.82. The van der Waals surface area contributed by atoms with Gasteiger partial charge in [0.1, 0.15) is 5.52 Å². The van der Waals surface area contributed by atoms with Crippen molar-refractivity contribution in [2.45, 2.75) is 13.5 Å². The lowest BCUT2D eigenvalue weighted by Crippen LogP contribution is -2.23. The van der Waals surface area contributed by atoms with Crippen molar-refractivity contribution < 1.29 is 4.79 Å². The Morgan fingerprint density at radius 1 is 1.08 bits per heavy atom. The lowest BCUT2D eigenvalue weighted by molar-refractivity contribution is 0.0951. The second-order valence-electron chi connectivity index (χ2n) is 6.07. The summed E-state index contributed by atoms with van der Waals surface area (Å²) >= 11 is 0. The van der Waals surface area contributed by atoms with Crippen LogP contribution in [-0.2, 0) is 6.54 Å². The average Bonchev–Trinajstić information content (AvgIpc) is 3.10. The summed E-state index contributed by atoms with van der Waals surface area (Å²) in [5.74, 6) is -0.134. The maximum atomic E-state index is 12.5. The van der Waals surface area contributed by atoms with Crippen LogP contribution >= 0.6 is 0 Å². The van der Waals surface area contributed by atoms with Crippen LogP contribution in [0.3, 0.4) is 0 Å². The molecular formula is C20H17N5O. The third-order valence-electron chi connectivity index (χ3n) is 4.10. The van der Waals surface area contributed by atoms with Crippen molar-refractivity contribution in [1.82, 2.24) is 25.3 Å². The Hall–Kier alpha value is -3.54. The molecular weight excluding hydrogens is 326 g/mol. The van der Waals surface area contributed by atoms with Crippen LogP contribution in [0.2, 0.25) is 0 Å². The summed E-state index contributed by atoms with van der Waals surface area (Å²) in [4.78, 5) is 16.8. The second kappa shape index (κ2) is 6.76. The average molecular weight is 343 g/mol. The highest BCUT2D eigenvalue weighted by Gasteiger charge is 2.10. The van der Waals surface area contributed by atoms with Gasteiger partial charge in [-0.05, 0) is 42.8 Å². The minimum absolute atomic E-state index is 0.134. The van der Waals surface area contributed by atoms with Gasteiger partial charge in [-0.15, -0.1) is 5.10 Å². The molecule has 2 aromatic heterocycles. The first-order chi connectivity index (χ1) is 12.7. The first-order valence-electron chi connectivity index (χ1n) is 8.31. The van der Waals surface area contributed by atoms with E-state index in [1.165, 1.54) is 5.56 Å². The molecule has 0 aliphatic rings. The molecule has 0 radical (unpaired) electrons. The van der Waals surface area contributed by atoms with Gasteiger partial charge in [0.2, 0.25) is 0 Å². The SMILES string of the molecule is Cc1cccc(CNC(=O)c2cccc(-n3nnc4cccnc43)c2)c1. The summed E-state index contributed by atoms with van der Waals surface area (Å²) in [5, 5.41) is 11.2. The second-order valence-corrected chi connectivity index (χ2v) is 6.07. The number of nitrogens with zero attached hydrogens (tertiary/aromatic N) is 4. The standard InChI is InChI=1S/C20H17N5O/c1-14-5-2-6-15(11-14)13-22-20(26)16-7-3-8-17(12-16)25-19-18(23-24-25)9-4-10-21-19/h2-12H,13H2,1H3,(H,22,26). The predicted molar refractivity (Wildman–Crippen MR) is 99.0 cm³/mol. The fraction of sp³-hybridized carbons (Fsp3) is 0.100. The van der Waals surface area contributed by atoms with E-state index in [2.05, 4.69) is 26.7 Å². The van der Waals surface area contributed by atoms with Gasteiger partial charge < -0.3 is 5.32 Å². The van der Waals surface area contributed by atoms with E-state index >= 15 is 0 Å². The van der Waals surface area contributed by atoms with E-state index in [0.29, 0.717) is 23.3 Å². The van der Waals surface area contributed by atoms with Gasteiger partial charge in [0.25, 0.3) is 5.91 Å². The highest BCUT2D eigenvalue weighted by molar-refractivity contribution is 5.94. The van der Waals surface area contributed by atoms with E-state index in [1.54, 1.807) is 23.0 Å². The van der Waals surface area contributed by atoms with Gasteiger partial charge in [-0.3, -0.25) is 4.79 Å². The first-order valence-corrected chi connectivity index (χ1v) is 8.31. The maximum Gasteiger partial charge on any atom is 0.251 e. The van der Waals surface area contributed by atoms with Gasteiger partial charge in [-0.1, -0.05) is 41.1 Å². The van der Waals surface area contributed by atoms with Crippen LogP contribution in [0.4, 0.5) is 0 Å². The number of fused-ring (bicyclic) bond motifs is 1. The number of hydrogen-bond acceptors (Lipinski definition) is 4. The van der Waals surface area contributed by atoms with Crippen molar-refractivity contribution in [3.63, 3.8) is 0 Å². The fourth-order valence-corrected chi connectivity index (χ4v) is 2.82. The molecule has 0 fully saturated rings. The first kappa shape index (κ1) is 16.0. The Balaban J connectivity index is 1.56. The summed E-state index contributed by atoms with van der Waals surface area (Å²) in [5.41, 5.74) is 4.92. The molecule has 128 valence electrons. The number of aryl methyl sites for hydroxylation is 1. The Morgan fingerprint density at radius 2 is 1.96 bits per heavy atom. The number of benzene rings is 2. The molecule has 4 rings (SSSR count). The smallest absolute Gasteiger partial charge is 0.251 e. The lowest BCUT2D eigenvalue weighted by Gasteiger charge is -2.08. The molecule has 2 aromatic carbocycles. The third-order valence-corrected chi connectivity index (χ3v) is 4.10. The zero-order valence-electron chi connectivity index (χ0n) is 14.3. The summed E-state index contributed by atoms with van der Waals surface area (Å²) in [6.07, 6.45) is 1.70. The topological polar surface area (TPSA) is 72.7 Å². The number of carbonyl (C=O) groups excluding carboxylic acids is 1. The molecule has 1 amide bonds. The molecule has 0 aliphatic heterocycles. The highest BCUT2D eigenvalue weighted by Crippen LogP contribution is 2.15.